The molecule has 0 aromatic heterocycles. The maximum atomic E-state index is 11.6. The molecule has 2 aliphatic heterocycles. The Morgan fingerprint density at radius 3 is 2.93 bits per heavy atom. The van der Waals surface area contributed by atoms with Gasteiger partial charge in [0.1, 0.15) is 0 Å². The van der Waals surface area contributed by atoms with Crippen molar-refractivity contribution >= 4 is 5.91 Å². The highest BCUT2D eigenvalue weighted by Crippen LogP contribution is 2.36. The molecule has 2 fully saturated rings. The van der Waals surface area contributed by atoms with E-state index in [2.05, 4.69) is 5.32 Å². The molecule has 0 aromatic carbocycles. The number of amides is 1. The first kappa shape index (κ1) is 10.9. The van der Waals surface area contributed by atoms with Crippen molar-refractivity contribution in [3.8, 4) is 0 Å². The Kier molecular flexibility index (Phi) is 3.26. The third-order valence-electron chi connectivity index (χ3n) is 3.49. The van der Waals surface area contributed by atoms with E-state index in [0.717, 1.165) is 26.2 Å². The summed E-state index contributed by atoms with van der Waals surface area (Å²) in [7, 11) is 1.63. The number of rotatable bonds is 3. The van der Waals surface area contributed by atoms with Crippen LogP contribution in [0.5, 0.6) is 0 Å². The number of piperidine rings is 1. The molecule has 1 spiro atoms. The Labute approximate surface area is 91.0 Å². The van der Waals surface area contributed by atoms with Crippen LogP contribution in [-0.2, 0) is 9.53 Å². The highest BCUT2D eigenvalue weighted by Gasteiger charge is 2.45. The van der Waals surface area contributed by atoms with Crippen molar-refractivity contribution in [2.24, 2.45) is 5.41 Å². The van der Waals surface area contributed by atoms with Gasteiger partial charge in [-0.25, -0.2) is 0 Å². The highest BCUT2D eigenvalue weighted by atomic mass is 16.5. The molecule has 2 aliphatic rings. The zero-order valence-electron chi connectivity index (χ0n) is 9.42. The quantitative estimate of drug-likeness (QED) is 0.728. The second kappa shape index (κ2) is 4.49. The number of ether oxygens (including phenoxy) is 1. The summed E-state index contributed by atoms with van der Waals surface area (Å²) in [6, 6.07) is 0. The number of likely N-dealkylation sites (tertiary alicyclic amines) is 1. The molecule has 4 nitrogen and oxygen atoms in total. The van der Waals surface area contributed by atoms with Crippen LogP contribution in [0.2, 0.25) is 0 Å². The zero-order valence-corrected chi connectivity index (χ0v) is 9.42. The van der Waals surface area contributed by atoms with Gasteiger partial charge in [-0.05, 0) is 19.4 Å². The summed E-state index contributed by atoms with van der Waals surface area (Å²) >= 11 is 0. The minimum Gasteiger partial charge on any atom is -0.384 e. The second-order valence-electron chi connectivity index (χ2n) is 4.77. The Morgan fingerprint density at radius 1 is 1.53 bits per heavy atom. The van der Waals surface area contributed by atoms with Gasteiger partial charge >= 0.3 is 0 Å². The van der Waals surface area contributed by atoms with Crippen molar-refractivity contribution in [2.45, 2.75) is 19.3 Å². The molecule has 15 heavy (non-hydrogen) atoms. The third kappa shape index (κ3) is 2.32. The van der Waals surface area contributed by atoms with Crippen LogP contribution in [0, 0.1) is 5.41 Å². The van der Waals surface area contributed by atoms with Gasteiger partial charge in [0, 0.05) is 32.2 Å². The molecular formula is C11H20N2O2. The number of hydrogen-bond acceptors (Lipinski definition) is 3. The summed E-state index contributed by atoms with van der Waals surface area (Å²) in [5, 5.41) is 3.42. The lowest BCUT2D eigenvalue weighted by Crippen LogP contribution is -2.63. The maximum absolute atomic E-state index is 11.6. The Hall–Kier alpha value is -0.610. The standard InChI is InChI=1S/C11H20N2O2/c1-15-6-3-10(14)13-8-11(9-13)4-2-5-12-7-11/h12H,2-9H2,1H3. The molecule has 2 saturated heterocycles. The second-order valence-corrected chi connectivity index (χ2v) is 4.77. The summed E-state index contributed by atoms with van der Waals surface area (Å²) in [6.07, 6.45) is 3.05. The number of methoxy groups -OCH3 is 1. The Morgan fingerprint density at radius 2 is 2.33 bits per heavy atom. The average molecular weight is 212 g/mol. The maximum Gasteiger partial charge on any atom is 0.224 e. The SMILES string of the molecule is COCCC(=O)N1CC2(CCCNC2)C1. The van der Waals surface area contributed by atoms with Gasteiger partial charge in [-0.2, -0.15) is 0 Å². The number of carbonyl (C=O) groups excluding carboxylic acids is 1. The number of nitrogens with zero attached hydrogens (tertiary/aromatic N) is 1. The van der Waals surface area contributed by atoms with E-state index in [4.69, 9.17) is 4.74 Å². The molecule has 0 atom stereocenters. The van der Waals surface area contributed by atoms with Crippen LogP contribution in [0.15, 0.2) is 0 Å². The lowest BCUT2D eigenvalue weighted by Gasteiger charge is -2.52. The van der Waals surface area contributed by atoms with E-state index in [0.29, 0.717) is 18.4 Å². The van der Waals surface area contributed by atoms with Gasteiger partial charge in [0.15, 0.2) is 0 Å². The monoisotopic (exact) mass is 212 g/mol. The molecule has 1 N–H and O–H groups in total. The van der Waals surface area contributed by atoms with Gasteiger partial charge in [0.05, 0.1) is 13.0 Å². The molecule has 4 heteroatoms. The summed E-state index contributed by atoms with van der Waals surface area (Å²) in [4.78, 5) is 13.6. The summed E-state index contributed by atoms with van der Waals surface area (Å²) < 4.78 is 4.91. The van der Waals surface area contributed by atoms with Gasteiger partial charge in [0.2, 0.25) is 5.91 Å². The van der Waals surface area contributed by atoms with Crippen LogP contribution >= 0.6 is 0 Å². The third-order valence-corrected chi connectivity index (χ3v) is 3.49. The van der Waals surface area contributed by atoms with Crippen molar-refractivity contribution in [3.05, 3.63) is 0 Å². The van der Waals surface area contributed by atoms with E-state index in [9.17, 15) is 4.79 Å². The Bertz CT molecular complexity index is 229. The van der Waals surface area contributed by atoms with Gasteiger partial charge < -0.3 is 15.0 Å². The van der Waals surface area contributed by atoms with E-state index in [1.54, 1.807) is 7.11 Å². The summed E-state index contributed by atoms with van der Waals surface area (Å²) in [5.41, 5.74) is 0.404. The van der Waals surface area contributed by atoms with Crippen LogP contribution in [0.25, 0.3) is 0 Å². The first-order valence-corrected chi connectivity index (χ1v) is 5.73. The van der Waals surface area contributed by atoms with Gasteiger partial charge in [-0.15, -0.1) is 0 Å². The fraction of sp³-hybridized carbons (Fsp3) is 0.909. The topological polar surface area (TPSA) is 41.6 Å². The molecule has 1 amide bonds. The first-order valence-electron chi connectivity index (χ1n) is 5.73. The molecule has 0 aromatic rings. The molecule has 0 saturated carbocycles. The molecule has 86 valence electrons. The molecular weight excluding hydrogens is 192 g/mol. The largest absolute Gasteiger partial charge is 0.384 e. The van der Waals surface area contributed by atoms with Crippen molar-refractivity contribution in [1.82, 2.24) is 10.2 Å². The Balaban J connectivity index is 1.74. The van der Waals surface area contributed by atoms with Crippen LogP contribution in [-0.4, -0.2) is 50.7 Å². The fourth-order valence-corrected chi connectivity index (χ4v) is 2.59. The fourth-order valence-electron chi connectivity index (χ4n) is 2.59. The summed E-state index contributed by atoms with van der Waals surface area (Å²) in [6.45, 7) is 4.66. The predicted molar refractivity (Wildman–Crippen MR) is 57.6 cm³/mol. The zero-order chi connectivity index (χ0) is 10.7. The van der Waals surface area contributed by atoms with E-state index in [1.807, 2.05) is 4.90 Å². The molecule has 2 rings (SSSR count). The highest BCUT2D eigenvalue weighted by molar-refractivity contribution is 5.77. The van der Waals surface area contributed by atoms with E-state index in [-0.39, 0.29) is 5.91 Å². The van der Waals surface area contributed by atoms with Crippen LogP contribution < -0.4 is 5.32 Å². The summed E-state index contributed by atoms with van der Waals surface area (Å²) in [5.74, 6) is 0.244. The number of carbonyl (C=O) groups is 1. The number of hydrogen-bond donors (Lipinski definition) is 1. The van der Waals surface area contributed by atoms with Gasteiger partial charge in [0.25, 0.3) is 0 Å². The lowest BCUT2D eigenvalue weighted by atomic mass is 9.74. The molecule has 0 radical (unpaired) electrons. The van der Waals surface area contributed by atoms with Crippen molar-refractivity contribution in [1.29, 1.82) is 0 Å². The van der Waals surface area contributed by atoms with Gasteiger partial charge in [-0.3, -0.25) is 4.79 Å². The minimum atomic E-state index is 0.244. The van der Waals surface area contributed by atoms with Crippen LogP contribution in [0.3, 0.4) is 0 Å². The molecule has 0 unspecified atom stereocenters. The van der Waals surface area contributed by atoms with Gasteiger partial charge in [-0.1, -0.05) is 0 Å². The molecule has 0 aliphatic carbocycles. The molecule has 2 heterocycles. The van der Waals surface area contributed by atoms with Crippen LogP contribution in [0.1, 0.15) is 19.3 Å². The minimum absolute atomic E-state index is 0.244. The predicted octanol–water partition coefficient (Wildman–Crippen LogP) is 0.235. The van der Waals surface area contributed by atoms with E-state index >= 15 is 0 Å². The first-order chi connectivity index (χ1) is 7.26. The lowest BCUT2D eigenvalue weighted by molar-refractivity contribution is -0.145. The van der Waals surface area contributed by atoms with Crippen molar-refractivity contribution < 1.29 is 9.53 Å². The smallest absolute Gasteiger partial charge is 0.224 e. The van der Waals surface area contributed by atoms with Crippen LogP contribution in [0.4, 0.5) is 0 Å². The van der Waals surface area contributed by atoms with Crippen molar-refractivity contribution in [3.63, 3.8) is 0 Å². The average Bonchev–Trinajstić information content (AvgIpc) is 2.23. The molecule has 0 bridgehead atoms. The van der Waals surface area contributed by atoms with E-state index < -0.39 is 0 Å². The van der Waals surface area contributed by atoms with Crippen molar-refractivity contribution in [2.75, 3.05) is 39.9 Å². The normalized spacial score (nSPS) is 23.9. The number of nitrogens with one attached hydrogen (secondary N) is 1. The van der Waals surface area contributed by atoms with E-state index in [1.165, 1.54) is 12.8 Å².